The van der Waals surface area contributed by atoms with Crippen molar-refractivity contribution in [3.63, 3.8) is 0 Å². The Morgan fingerprint density at radius 1 is 1.19 bits per heavy atom. The molecule has 1 saturated heterocycles. The lowest BCUT2D eigenvalue weighted by Crippen LogP contribution is -2.52. The number of hydrogen-bond donors (Lipinski definition) is 1. The molecule has 0 aliphatic carbocycles. The molecule has 26 heavy (non-hydrogen) atoms. The Morgan fingerprint density at radius 3 is 2.58 bits per heavy atom. The van der Waals surface area contributed by atoms with Gasteiger partial charge in [-0.25, -0.2) is 0 Å². The van der Waals surface area contributed by atoms with Crippen molar-refractivity contribution in [2.75, 3.05) is 7.05 Å². The fraction of sp³-hybridized carbons (Fsp3) is 0.211. The van der Waals surface area contributed by atoms with E-state index in [0.29, 0.717) is 5.02 Å². The van der Waals surface area contributed by atoms with E-state index in [2.05, 4.69) is 9.88 Å². The maximum atomic E-state index is 12.4. The molecule has 5 nitrogen and oxygen atoms in total. The van der Waals surface area contributed by atoms with Crippen molar-refractivity contribution >= 4 is 46.8 Å². The maximum absolute atomic E-state index is 12.4. The molecule has 134 valence electrons. The van der Waals surface area contributed by atoms with Crippen molar-refractivity contribution in [1.82, 2.24) is 14.8 Å². The molecule has 1 N–H and O–H groups in total. The number of benzene rings is 1. The molecule has 1 aromatic carbocycles. The van der Waals surface area contributed by atoms with E-state index in [1.54, 1.807) is 6.08 Å². The Morgan fingerprint density at radius 2 is 1.88 bits per heavy atom. The monoisotopic (exact) mass is 387 g/mol. The Kier molecular flexibility index (Phi) is 4.73. The molecule has 1 aliphatic heterocycles. The van der Waals surface area contributed by atoms with E-state index in [-0.39, 0.29) is 10.7 Å². The van der Waals surface area contributed by atoms with Crippen LogP contribution in [0, 0.1) is 20.8 Å². The Hall–Kier alpha value is -2.44. The zero-order valence-electron chi connectivity index (χ0n) is 14.9. The first-order valence-electron chi connectivity index (χ1n) is 8.02. The summed E-state index contributed by atoms with van der Waals surface area (Å²) in [5.74, 6) is -0.899. The van der Waals surface area contributed by atoms with Crippen LogP contribution in [0.5, 0.6) is 0 Å². The van der Waals surface area contributed by atoms with Crippen LogP contribution in [-0.4, -0.2) is 33.4 Å². The molecular weight excluding hydrogens is 370 g/mol. The molecule has 2 heterocycles. The van der Waals surface area contributed by atoms with E-state index in [1.807, 2.05) is 45.0 Å². The van der Waals surface area contributed by atoms with Crippen LogP contribution in [0.15, 0.2) is 29.8 Å². The van der Waals surface area contributed by atoms with Gasteiger partial charge >= 0.3 is 0 Å². The molecule has 7 heteroatoms. The number of halogens is 1. The summed E-state index contributed by atoms with van der Waals surface area (Å²) in [6.45, 7) is 5.88. The van der Waals surface area contributed by atoms with Crippen LogP contribution in [-0.2, 0) is 9.59 Å². The summed E-state index contributed by atoms with van der Waals surface area (Å²) in [6, 6.07) is 7.68. The third-order valence-electron chi connectivity index (χ3n) is 4.55. The van der Waals surface area contributed by atoms with Crippen LogP contribution in [0.3, 0.4) is 0 Å². The minimum atomic E-state index is -0.484. The lowest BCUT2D eigenvalue weighted by molar-refractivity contribution is -0.128. The molecule has 0 unspecified atom stereocenters. The second-order valence-corrected chi connectivity index (χ2v) is 7.02. The van der Waals surface area contributed by atoms with Gasteiger partial charge in [0, 0.05) is 29.1 Å². The number of thiocarbonyl (C=S) groups is 1. The van der Waals surface area contributed by atoms with Crippen molar-refractivity contribution in [2.24, 2.45) is 0 Å². The van der Waals surface area contributed by atoms with Gasteiger partial charge in [-0.05, 0) is 68.4 Å². The summed E-state index contributed by atoms with van der Waals surface area (Å²) >= 11 is 11.2. The average molecular weight is 388 g/mol. The number of nitrogens with one attached hydrogen (secondary N) is 1. The Bertz CT molecular complexity index is 991. The SMILES string of the molecule is Cc1c(Cl)cccc1-n1c(C)cc(/C=C2\C(=O)NC(=S)N(C)C2=O)c1C. The summed E-state index contributed by atoms with van der Waals surface area (Å²) in [7, 11) is 1.54. The highest BCUT2D eigenvalue weighted by Crippen LogP contribution is 2.28. The molecule has 2 amide bonds. The molecule has 0 spiro atoms. The first kappa shape index (κ1) is 18.4. The highest BCUT2D eigenvalue weighted by atomic mass is 35.5. The van der Waals surface area contributed by atoms with E-state index >= 15 is 0 Å². The normalized spacial score (nSPS) is 16.4. The number of nitrogens with zero attached hydrogens (tertiary/aromatic N) is 2. The number of likely N-dealkylation sites (N-methyl/N-ethyl adjacent to an activating group) is 1. The van der Waals surface area contributed by atoms with Gasteiger partial charge in [0.1, 0.15) is 5.57 Å². The summed E-state index contributed by atoms with van der Waals surface area (Å²) in [4.78, 5) is 25.9. The van der Waals surface area contributed by atoms with Gasteiger partial charge in [-0.3, -0.25) is 19.8 Å². The topological polar surface area (TPSA) is 54.3 Å². The van der Waals surface area contributed by atoms with Crippen LogP contribution in [0.25, 0.3) is 11.8 Å². The van der Waals surface area contributed by atoms with Crippen molar-refractivity contribution in [3.05, 3.63) is 57.4 Å². The first-order chi connectivity index (χ1) is 12.2. The van der Waals surface area contributed by atoms with E-state index in [4.69, 9.17) is 23.8 Å². The second kappa shape index (κ2) is 6.70. The molecule has 0 bridgehead atoms. The Balaban J connectivity index is 2.12. The molecule has 1 aromatic heterocycles. The third-order valence-corrected chi connectivity index (χ3v) is 5.34. The van der Waals surface area contributed by atoms with Crippen LogP contribution in [0.2, 0.25) is 5.02 Å². The van der Waals surface area contributed by atoms with Crippen molar-refractivity contribution < 1.29 is 9.59 Å². The summed E-state index contributed by atoms with van der Waals surface area (Å²) in [5, 5.41) is 3.32. The standard InChI is InChI=1S/C19H18ClN3O2S/c1-10-8-13(9-14-17(24)21-19(26)22(4)18(14)25)12(3)23(10)16-7-5-6-15(20)11(16)2/h5-9H,1-4H3,(H,21,24,26)/b14-9+. The second-order valence-electron chi connectivity index (χ2n) is 6.23. The van der Waals surface area contributed by atoms with Gasteiger partial charge in [0.15, 0.2) is 5.11 Å². The van der Waals surface area contributed by atoms with Gasteiger partial charge in [-0.15, -0.1) is 0 Å². The number of carbonyl (C=O) groups excluding carboxylic acids is 2. The van der Waals surface area contributed by atoms with Crippen molar-refractivity contribution in [1.29, 1.82) is 0 Å². The van der Waals surface area contributed by atoms with Crippen molar-refractivity contribution in [2.45, 2.75) is 20.8 Å². The molecule has 1 aliphatic rings. The highest BCUT2D eigenvalue weighted by Gasteiger charge is 2.31. The van der Waals surface area contributed by atoms with Crippen LogP contribution in [0.4, 0.5) is 0 Å². The number of rotatable bonds is 2. The quantitative estimate of drug-likeness (QED) is 0.488. The Labute approximate surface area is 162 Å². The van der Waals surface area contributed by atoms with E-state index in [0.717, 1.165) is 28.2 Å². The number of amides is 2. The first-order valence-corrected chi connectivity index (χ1v) is 8.80. The predicted molar refractivity (Wildman–Crippen MR) is 106 cm³/mol. The minimum Gasteiger partial charge on any atom is -0.318 e. The van der Waals surface area contributed by atoms with Gasteiger partial charge in [0.2, 0.25) is 0 Å². The van der Waals surface area contributed by atoms with E-state index in [1.165, 1.54) is 11.9 Å². The molecular formula is C19H18ClN3O2S. The van der Waals surface area contributed by atoms with Crippen LogP contribution >= 0.6 is 23.8 Å². The van der Waals surface area contributed by atoms with Gasteiger partial charge in [0.25, 0.3) is 11.8 Å². The van der Waals surface area contributed by atoms with Crippen molar-refractivity contribution in [3.8, 4) is 5.69 Å². The molecule has 0 radical (unpaired) electrons. The van der Waals surface area contributed by atoms with Gasteiger partial charge in [-0.1, -0.05) is 17.7 Å². The van der Waals surface area contributed by atoms with E-state index in [9.17, 15) is 9.59 Å². The highest BCUT2D eigenvalue weighted by molar-refractivity contribution is 7.80. The fourth-order valence-electron chi connectivity index (χ4n) is 3.04. The summed E-state index contributed by atoms with van der Waals surface area (Å²) in [6.07, 6.45) is 1.61. The summed E-state index contributed by atoms with van der Waals surface area (Å²) in [5.41, 5.74) is 4.68. The lowest BCUT2D eigenvalue weighted by atomic mass is 10.1. The molecule has 3 rings (SSSR count). The van der Waals surface area contributed by atoms with Crippen LogP contribution < -0.4 is 5.32 Å². The van der Waals surface area contributed by atoms with E-state index < -0.39 is 11.8 Å². The molecule has 2 aromatic rings. The number of aryl methyl sites for hydroxylation is 1. The average Bonchev–Trinajstić information content (AvgIpc) is 2.86. The number of hydrogen-bond acceptors (Lipinski definition) is 3. The van der Waals surface area contributed by atoms with Gasteiger partial charge in [0.05, 0.1) is 0 Å². The molecule has 1 fully saturated rings. The smallest absolute Gasteiger partial charge is 0.265 e. The molecule has 0 saturated carbocycles. The molecule has 0 atom stereocenters. The van der Waals surface area contributed by atoms with Gasteiger partial charge in [-0.2, -0.15) is 0 Å². The number of carbonyl (C=O) groups is 2. The summed E-state index contributed by atoms with van der Waals surface area (Å²) < 4.78 is 2.06. The zero-order valence-corrected chi connectivity index (χ0v) is 16.5. The number of aromatic nitrogens is 1. The van der Waals surface area contributed by atoms with Crippen LogP contribution in [0.1, 0.15) is 22.5 Å². The predicted octanol–water partition coefficient (Wildman–Crippen LogP) is 3.31. The fourth-order valence-corrected chi connectivity index (χ4v) is 3.39. The zero-order chi connectivity index (χ0) is 19.2. The maximum Gasteiger partial charge on any atom is 0.265 e. The lowest BCUT2D eigenvalue weighted by Gasteiger charge is -2.25. The largest absolute Gasteiger partial charge is 0.318 e. The van der Waals surface area contributed by atoms with Gasteiger partial charge < -0.3 is 4.57 Å². The minimum absolute atomic E-state index is 0.0594. The third kappa shape index (κ3) is 2.95.